The lowest BCUT2D eigenvalue weighted by atomic mass is 10.1. The quantitative estimate of drug-likeness (QED) is 0.757. The molecule has 0 saturated carbocycles. The van der Waals surface area contributed by atoms with Crippen LogP contribution in [-0.2, 0) is 6.54 Å². The standard InChI is InChI=1S/C18H18N2O/c1-2-21-18-17(8-5-11-19-18)20-13-14-9-10-15-6-3-4-7-16(15)12-14/h3-12,20H,2,13H2,1H3. The zero-order chi connectivity index (χ0) is 14.5. The van der Waals surface area contributed by atoms with Gasteiger partial charge in [0.15, 0.2) is 0 Å². The second kappa shape index (κ2) is 6.27. The van der Waals surface area contributed by atoms with E-state index in [4.69, 9.17) is 4.74 Å². The van der Waals surface area contributed by atoms with Crippen LogP contribution in [0, 0.1) is 0 Å². The Balaban J connectivity index is 1.77. The molecule has 106 valence electrons. The molecule has 0 fully saturated rings. The first kappa shape index (κ1) is 13.4. The molecule has 0 aliphatic heterocycles. The van der Waals surface area contributed by atoms with E-state index in [1.54, 1.807) is 6.20 Å². The van der Waals surface area contributed by atoms with Crippen LogP contribution >= 0.6 is 0 Å². The highest BCUT2D eigenvalue weighted by Gasteiger charge is 2.03. The van der Waals surface area contributed by atoms with Crippen molar-refractivity contribution in [2.75, 3.05) is 11.9 Å². The van der Waals surface area contributed by atoms with Crippen LogP contribution in [0.3, 0.4) is 0 Å². The number of rotatable bonds is 5. The number of pyridine rings is 1. The van der Waals surface area contributed by atoms with Crippen molar-refractivity contribution >= 4 is 16.5 Å². The molecule has 3 rings (SSSR count). The van der Waals surface area contributed by atoms with Gasteiger partial charge in [0.25, 0.3) is 0 Å². The first-order valence-corrected chi connectivity index (χ1v) is 7.16. The lowest BCUT2D eigenvalue weighted by Gasteiger charge is -2.11. The zero-order valence-corrected chi connectivity index (χ0v) is 12.0. The van der Waals surface area contributed by atoms with Gasteiger partial charge in [0, 0.05) is 12.7 Å². The molecule has 21 heavy (non-hydrogen) atoms. The zero-order valence-electron chi connectivity index (χ0n) is 12.0. The Morgan fingerprint density at radius 2 is 1.86 bits per heavy atom. The van der Waals surface area contributed by atoms with Gasteiger partial charge in [-0.15, -0.1) is 0 Å². The van der Waals surface area contributed by atoms with Crippen molar-refractivity contribution in [3.63, 3.8) is 0 Å². The van der Waals surface area contributed by atoms with Crippen LogP contribution in [0.1, 0.15) is 12.5 Å². The molecule has 0 radical (unpaired) electrons. The van der Waals surface area contributed by atoms with Crippen LogP contribution < -0.4 is 10.1 Å². The third-order valence-corrected chi connectivity index (χ3v) is 3.35. The predicted molar refractivity (Wildman–Crippen MR) is 86.7 cm³/mol. The summed E-state index contributed by atoms with van der Waals surface area (Å²) in [6.07, 6.45) is 1.74. The molecule has 2 aromatic carbocycles. The molecule has 3 aromatic rings. The average Bonchev–Trinajstić information content (AvgIpc) is 2.54. The molecule has 0 amide bonds. The number of hydrogen-bond donors (Lipinski definition) is 1. The normalized spacial score (nSPS) is 10.5. The van der Waals surface area contributed by atoms with Gasteiger partial charge < -0.3 is 10.1 Å². The largest absolute Gasteiger partial charge is 0.476 e. The number of fused-ring (bicyclic) bond motifs is 1. The monoisotopic (exact) mass is 278 g/mol. The Labute approximate surface area is 124 Å². The van der Waals surface area contributed by atoms with Gasteiger partial charge in [-0.05, 0) is 41.5 Å². The minimum absolute atomic E-state index is 0.613. The van der Waals surface area contributed by atoms with Crippen LogP contribution in [-0.4, -0.2) is 11.6 Å². The van der Waals surface area contributed by atoms with Gasteiger partial charge in [0.05, 0.1) is 12.3 Å². The summed E-state index contributed by atoms with van der Waals surface area (Å²) in [5.74, 6) is 0.654. The van der Waals surface area contributed by atoms with Gasteiger partial charge in [-0.25, -0.2) is 4.98 Å². The van der Waals surface area contributed by atoms with Crippen LogP contribution in [0.25, 0.3) is 10.8 Å². The molecule has 0 unspecified atom stereocenters. The average molecular weight is 278 g/mol. The Morgan fingerprint density at radius 3 is 2.71 bits per heavy atom. The number of nitrogens with zero attached hydrogens (tertiary/aromatic N) is 1. The highest BCUT2D eigenvalue weighted by atomic mass is 16.5. The molecule has 0 spiro atoms. The minimum Gasteiger partial charge on any atom is -0.476 e. The maximum atomic E-state index is 5.52. The van der Waals surface area contributed by atoms with E-state index in [9.17, 15) is 0 Å². The smallest absolute Gasteiger partial charge is 0.237 e. The highest BCUT2D eigenvalue weighted by molar-refractivity contribution is 5.83. The van der Waals surface area contributed by atoms with Crippen molar-refractivity contribution in [3.8, 4) is 5.88 Å². The van der Waals surface area contributed by atoms with Crippen molar-refractivity contribution in [1.82, 2.24) is 4.98 Å². The Kier molecular flexibility index (Phi) is 4.01. The van der Waals surface area contributed by atoms with Gasteiger partial charge in [-0.3, -0.25) is 0 Å². The first-order chi connectivity index (χ1) is 10.4. The number of anilines is 1. The lowest BCUT2D eigenvalue weighted by Crippen LogP contribution is -2.03. The molecule has 1 heterocycles. The summed E-state index contributed by atoms with van der Waals surface area (Å²) >= 11 is 0. The number of ether oxygens (including phenoxy) is 1. The third-order valence-electron chi connectivity index (χ3n) is 3.35. The molecule has 0 aliphatic carbocycles. The summed E-state index contributed by atoms with van der Waals surface area (Å²) in [6, 6.07) is 18.8. The van der Waals surface area contributed by atoms with E-state index in [1.807, 2.05) is 19.1 Å². The van der Waals surface area contributed by atoms with Crippen molar-refractivity contribution in [2.45, 2.75) is 13.5 Å². The van der Waals surface area contributed by atoms with E-state index in [2.05, 4.69) is 52.8 Å². The molecule has 3 heteroatoms. The number of benzene rings is 2. The van der Waals surface area contributed by atoms with Crippen molar-refractivity contribution in [2.24, 2.45) is 0 Å². The maximum Gasteiger partial charge on any atom is 0.237 e. The number of aromatic nitrogens is 1. The van der Waals surface area contributed by atoms with E-state index in [0.717, 1.165) is 12.2 Å². The fourth-order valence-corrected chi connectivity index (χ4v) is 2.32. The minimum atomic E-state index is 0.613. The van der Waals surface area contributed by atoms with Crippen LogP contribution in [0.15, 0.2) is 60.8 Å². The molecule has 0 aliphatic rings. The summed E-state index contributed by atoms with van der Waals surface area (Å²) < 4.78 is 5.52. The summed E-state index contributed by atoms with van der Waals surface area (Å²) in [6.45, 7) is 3.32. The number of nitrogens with one attached hydrogen (secondary N) is 1. The van der Waals surface area contributed by atoms with Crippen molar-refractivity contribution in [3.05, 3.63) is 66.4 Å². The third kappa shape index (κ3) is 3.14. The van der Waals surface area contributed by atoms with Gasteiger partial charge in [0.1, 0.15) is 0 Å². The fourth-order valence-electron chi connectivity index (χ4n) is 2.32. The lowest BCUT2D eigenvalue weighted by molar-refractivity contribution is 0.328. The van der Waals surface area contributed by atoms with Gasteiger partial charge in [-0.1, -0.05) is 36.4 Å². The summed E-state index contributed by atoms with van der Waals surface area (Å²) in [4.78, 5) is 4.25. The van der Waals surface area contributed by atoms with E-state index in [0.29, 0.717) is 12.5 Å². The predicted octanol–water partition coefficient (Wildman–Crippen LogP) is 4.25. The molecular formula is C18H18N2O. The number of hydrogen-bond acceptors (Lipinski definition) is 3. The van der Waals surface area contributed by atoms with Crippen molar-refractivity contribution < 1.29 is 4.74 Å². The molecule has 3 nitrogen and oxygen atoms in total. The molecule has 0 atom stereocenters. The molecule has 0 bridgehead atoms. The summed E-state index contributed by atoms with van der Waals surface area (Å²) in [7, 11) is 0. The van der Waals surface area contributed by atoms with Crippen LogP contribution in [0.4, 0.5) is 5.69 Å². The van der Waals surface area contributed by atoms with E-state index in [1.165, 1.54) is 16.3 Å². The summed E-state index contributed by atoms with van der Waals surface area (Å²) in [5.41, 5.74) is 2.16. The van der Waals surface area contributed by atoms with Crippen LogP contribution in [0.5, 0.6) is 5.88 Å². The Bertz CT molecular complexity index is 740. The SMILES string of the molecule is CCOc1ncccc1NCc1ccc2ccccc2c1. The second-order valence-electron chi connectivity index (χ2n) is 4.82. The second-order valence-corrected chi connectivity index (χ2v) is 4.82. The van der Waals surface area contributed by atoms with Gasteiger partial charge in [-0.2, -0.15) is 0 Å². The maximum absolute atomic E-state index is 5.52. The molecular weight excluding hydrogens is 260 g/mol. The Hall–Kier alpha value is -2.55. The van der Waals surface area contributed by atoms with E-state index in [-0.39, 0.29) is 0 Å². The van der Waals surface area contributed by atoms with E-state index >= 15 is 0 Å². The molecule has 0 saturated heterocycles. The molecule has 1 aromatic heterocycles. The van der Waals surface area contributed by atoms with E-state index < -0.39 is 0 Å². The van der Waals surface area contributed by atoms with Crippen LogP contribution in [0.2, 0.25) is 0 Å². The molecule has 1 N–H and O–H groups in total. The van der Waals surface area contributed by atoms with Crippen molar-refractivity contribution in [1.29, 1.82) is 0 Å². The summed E-state index contributed by atoms with van der Waals surface area (Å²) in [5, 5.41) is 5.91. The fraction of sp³-hybridized carbons (Fsp3) is 0.167. The Morgan fingerprint density at radius 1 is 1.00 bits per heavy atom. The first-order valence-electron chi connectivity index (χ1n) is 7.16. The topological polar surface area (TPSA) is 34.1 Å². The van der Waals surface area contributed by atoms with Gasteiger partial charge >= 0.3 is 0 Å². The highest BCUT2D eigenvalue weighted by Crippen LogP contribution is 2.22. The van der Waals surface area contributed by atoms with Gasteiger partial charge in [0.2, 0.25) is 5.88 Å².